The third-order valence-electron chi connectivity index (χ3n) is 4.16. The van der Waals surface area contributed by atoms with E-state index in [0.717, 1.165) is 31.5 Å². The van der Waals surface area contributed by atoms with Crippen LogP contribution >= 0.6 is 0 Å². The molecule has 1 aliphatic rings. The van der Waals surface area contributed by atoms with Gasteiger partial charge < -0.3 is 5.32 Å². The van der Waals surface area contributed by atoms with Crippen molar-refractivity contribution in [3.8, 4) is 0 Å². The van der Waals surface area contributed by atoms with Crippen LogP contribution in [0.2, 0.25) is 0 Å². The second-order valence-corrected chi connectivity index (χ2v) is 5.40. The van der Waals surface area contributed by atoms with Gasteiger partial charge in [-0.15, -0.1) is 0 Å². The number of rotatable bonds is 3. The molecule has 20 heavy (non-hydrogen) atoms. The van der Waals surface area contributed by atoms with Gasteiger partial charge in [0.25, 0.3) is 0 Å². The summed E-state index contributed by atoms with van der Waals surface area (Å²) in [6.45, 7) is 1.74. The van der Waals surface area contributed by atoms with Crippen molar-refractivity contribution >= 4 is 5.78 Å². The summed E-state index contributed by atoms with van der Waals surface area (Å²) in [6.07, 6.45) is 3.48. The van der Waals surface area contributed by atoms with Gasteiger partial charge in [-0.1, -0.05) is 30.3 Å². The molecular formula is C16H19N3O. The van der Waals surface area contributed by atoms with Gasteiger partial charge in [0.1, 0.15) is 5.69 Å². The van der Waals surface area contributed by atoms with E-state index >= 15 is 0 Å². The molecule has 2 aromatic rings. The summed E-state index contributed by atoms with van der Waals surface area (Å²) in [6, 6.07) is 11.9. The lowest BCUT2D eigenvalue weighted by Gasteiger charge is -2.36. The molecule has 1 aliphatic heterocycles. The van der Waals surface area contributed by atoms with Gasteiger partial charge in [0.2, 0.25) is 0 Å². The number of nitrogens with one attached hydrogen (secondary N) is 1. The van der Waals surface area contributed by atoms with Crippen LogP contribution in [-0.2, 0) is 12.5 Å². The van der Waals surface area contributed by atoms with Crippen LogP contribution in [0.1, 0.15) is 28.9 Å². The molecule has 1 N–H and O–H groups in total. The average molecular weight is 269 g/mol. The molecule has 1 aromatic heterocycles. The predicted octanol–water partition coefficient (Wildman–Crippen LogP) is 1.92. The maximum absolute atomic E-state index is 13.0. The van der Waals surface area contributed by atoms with E-state index in [2.05, 4.69) is 22.5 Å². The Morgan fingerprint density at radius 2 is 1.90 bits per heavy atom. The molecule has 1 aromatic carbocycles. The molecule has 0 unspecified atom stereocenters. The lowest BCUT2D eigenvalue weighted by molar-refractivity contribution is 0.0841. The van der Waals surface area contributed by atoms with Crippen molar-refractivity contribution in [1.29, 1.82) is 0 Å². The molecule has 0 radical (unpaired) electrons. The van der Waals surface area contributed by atoms with Crippen molar-refractivity contribution in [2.24, 2.45) is 7.05 Å². The van der Waals surface area contributed by atoms with E-state index in [9.17, 15) is 4.79 Å². The van der Waals surface area contributed by atoms with Gasteiger partial charge in [-0.3, -0.25) is 9.48 Å². The number of carbonyl (C=O) groups is 1. The third-order valence-corrected chi connectivity index (χ3v) is 4.16. The minimum absolute atomic E-state index is 0.144. The molecule has 1 fully saturated rings. The Balaban J connectivity index is 2.04. The van der Waals surface area contributed by atoms with Crippen LogP contribution < -0.4 is 5.32 Å². The van der Waals surface area contributed by atoms with E-state index in [0.29, 0.717) is 5.69 Å². The predicted molar refractivity (Wildman–Crippen MR) is 77.8 cm³/mol. The van der Waals surface area contributed by atoms with Crippen LogP contribution in [0, 0.1) is 0 Å². The van der Waals surface area contributed by atoms with E-state index in [1.165, 1.54) is 0 Å². The summed E-state index contributed by atoms with van der Waals surface area (Å²) in [5.41, 5.74) is 1.25. The number of piperidine rings is 1. The number of benzene rings is 1. The second-order valence-electron chi connectivity index (χ2n) is 5.40. The molecule has 0 saturated carbocycles. The highest BCUT2D eigenvalue weighted by Gasteiger charge is 2.42. The Labute approximate surface area is 118 Å². The summed E-state index contributed by atoms with van der Waals surface area (Å²) >= 11 is 0. The Morgan fingerprint density at radius 1 is 1.20 bits per heavy atom. The number of Topliss-reactive ketones (excluding diaryl/α,β-unsaturated/α-hetero) is 1. The number of ketones is 1. The molecule has 4 heteroatoms. The second kappa shape index (κ2) is 5.21. The molecule has 0 bridgehead atoms. The van der Waals surface area contributed by atoms with Crippen molar-refractivity contribution in [1.82, 2.24) is 15.1 Å². The first kappa shape index (κ1) is 13.1. The average Bonchev–Trinajstić information content (AvgIpc) is 2.94. The van der Waals surface area contributed by atoms with E-state index in [4.69, 9.17) is 0 Å². The third kappa shape index (κ3) is 2.16. The van der Waals surface area contributed by atoms with Crippen molar-refractivity contribution in [3.05, 3.63) is 53.9 Å². The monoisotopic (exact) mass is 269 g/mol. The smallest absolute Gasteiger partial charge is 0.193 e. The largest absolute Gasteiger partial charge is 0.317 e. The Morgan fingerprint density at radius 3 is 2.50 bits per heavy atom. The topological polar surface area (TPSA) is 46.9 Å². The highest BCUT2D eigenvalue weighted by molar-refractivity contribution is 6.02. The molecule has 3 rings (SSSR count). The summed E-state index contributed by atoms with van der Waals surface area (Å²) < 4.78 is 1.69. The van der Waals surface area contributed by atoms with Crippen molar-refractivity contribution < 1.29 is 4.79 Å². The first-order valence-electron chi connectivity index (χ1n) is 7.03. The zero-order valence-corrected chi connectivity index (χ0v) is 11.7. The van der Waals surface area contributed by atoms with Crippen molar-refractivity contribution in [2.45, 2.75) is 18.3 Å². The minimum atomic E-state index is -0.430. The van der Waals surface area contributed by atoms with Crippen LogP contribution in [-0.4, -0.2) is 28.7 Å². The fourth-order valence-corrected chi connectivity index (χ4v) is 3.04. The quantitative estimate of drug-likeness (QED) is 0.866. The Kier molecular flexibility index (Phi) is 3.40. The van der Waals surface area contributed by atoms with E-state index in [1.54, 1.807) is 4.68 Å². The molecule has 104 valence electrons. The Hall–Kier alpha value is -1.94. The fraction of sp³-hybridized carbons (Fsp3) is 0.375. The number of aromatic nitrogens is 2. The van der Waals surface area contributed by atoms with Crippen LogP contribution in [0.4, 0.5) is 0 Å². The zero-order chi connectivity index (χ0) is 14.0. The summed E-state index contributed by atoms with van der Waals surface area (Å²) in [7, 11) is 1.84. The van der Waals surface area contributed by atoms with Crippen molar-refractivity contribution in [2.75, 3.05) is 13.1 Å². The molecule has 0 amide bonds. The highest BCUT2D eigenvalue weighted by Crippen LogP contribution is 2.36. The van der Waals surface area contributed by atoms with Gasteiger partial charge in [0.15, 0.2) is 5.78 Å². The van der Waals surface area contributed by atoms with Crippen LogP contribution in [0.15, 0.2) is 42.6 Å². The molecule has 0 atom stereocenters. The van der Waals surface area contributed by atoms with Gasteiger partial charge in [-0.25, -0.2) is 0 Å². The van der Waals surface area contributed by atoms with Crippen LogP contribution in [0.5, 0.6) is 0 Å². The maximum atomic E-state index is 13.0. The first-order valence-corrected chi connectivity index (χ1v) is 7.03. The lowest BCUT2D eigenvalue weighted by Crippen LogP contribution is -2.45. The number of hydrogen-bond acceptors (Lipinski definition) is 3. The normalized spacial score (nSPS) is 17.9. The van der Waals surface area contributed by atoms with Gasteiger partial charge in [0.05, 0.1) is 5.41 Å². The van der Waals surface area contributed by atoms with Gasteiger partial charge >= 0.3 is 0 Å². The molecule has 4 nitrogen and oxygen atoms in total. The minimum Gasteiger partial charge on any atom is -0.317 e. The number of hydrogen-bond donors (Lipinski definition) is 1. The molecule has 2 heterocycles. The summed E-state index contributed by atoms with van der Waals surface area (Å²) in [5, 5.41) is 7.65. The van der Waals surface area contributed by atoms with Gasteiger partial charge in [0, 0.05) is 13.2 Å². The van der Waals surface area contributed by atoms with Crippen molar-refractivity contribution in [3.63, 3.8) is 0 Å². The maximum Gasteiger partial charge on any atom is 0.193 e. The molecule has 0 spiro atoms. The summed E-state index contributed by atoms with van der Waals surface area (Å²) in [4.78, 5) is 13.0. The first-order chi connectivity index (χ1) is 9.72. The lowest BCUT2D eigenvalue weighted by atomic mass is 9.69. The molecule has 1 saturated heterocycles. The van der Waals surface area contributed by atoms with E-state index < -0.39 is 5.41 Å². The number of aryl methyl sites for hydroxylation is 1. The number of nitrogens with zero attached hydrogens (tertiary/aromatic N) is 2. The standard InChI is InChI=1S/C16H19N3O/c1-19-12-7-14(18-19)15(20)16(8-10-17-11-9-16)13-5-3-2-4-6-13/h2-7,12,17H,8-11H2,1H3. The van der Waals surface area contributed by atoms with E-state index in [1.807, 2.05) is 37.5 Å². The van der Waals surface area contributed by atoms with Gasteiger partial charge in [-0.05, 0) is 37.6 Å². The fourth-order valence-electron chi connectivity index (χ4n) is 3.04. The van der Waals surface area contributed by atoms with E-state index in [-0.39, 0.29) is 5.78 Å². The SMILES string of the molecule is Cn1ccc(C(=O)C2(c3ccccc3)CCNCC2)n1. The zero-order valence-electron chi connectivity index (χ0n) is 11.7. The molecular weight excluding hydrogens is 250 g/mol. The highest BCUT2D eigenvalue weighted by atomic mass is 16.1. The van der Waals surface area contributed by atoms with Crippen LogP contribution in [0.3, 0.4) is 0 Å². The Bertz CT molecular complexity index is 597. The number of carbonyl (C=O) groups excluding carboxylic acids is 1. The summed E-state index contributed by atoms with van der Waals surface area (Å²) in [5.74, 6) is 0.144. The van der Waals surface area contributed by atoms with Crippen LogP contribution in [0.25, 0.3) is 0 Å². The molecule has 0 aliphatic carbocycles. The van der Waals surface area contributed by atoms with Gasteiger partial charge in [-0.2, -0.15) is 5.10 Å².